The van der Waals surface area contributed by atoms with E-state index in [9.17, 15) is 9.18 Å². The van der Waals surface area contributed by atoms with Crippen LogP contribution in [0, 0.1) is 5.82 Å². The third-order valence-corrected chi connectivity index (χ3v) is 3.56. The van der Waals surface area contributed by atoms with Crippen molar-refractivity contribution < 1.29 is 9.18 Å². The van der Waals surface area contributed by atoms with Gasteiger partial charge in [-0.2, -0.15) is 0 Å². The largest absolute Gasteiger partial charge is 0.368 e. The molecule has 1 atom stereocenters. The third kappa shape index (κ3) is 2.26. The minimum absolute atomic E-state index is 0.154. The summed E-state index contributed by atoms with van der Waals surface area (Å²) < 4.78 is 13.9. The Morgan fingerprint density at radius 1 is 1.50 bits per heavy atom. The Bertz CT molecular complexity index is 421. The molecule has 0 bridgehead atoms. The van der Waals surface area contributed by atoms with Gasteiger partial charge in [-0.05, 0) is 41.1 Å². The molecule has 86 valence electrons. The van der Waals surface area contributed by atoms with E-state index in [4.69, 9.17) is 0 Å². The van der Waals surface area contributed by atoms with Crippen LogP contribution < -0.4 is 4.90 Å². The maximum absolute atomic E-state index is 13.4. The molecule has 1 saturated heterocycles. The standard InChI is InChI=1S/C12H13BrFNO/c1-8-6-10(16)4-5-15(8)9-2-3-11(13)12(14)7-9/h2-3,7-8H,4-6H2,1H3. The van der Waals surface area contributed by atoms with E-state index in [1.807, 2.05) is 13.0 Å². The molecule has 1 aliphatic heterocycles. The van der Waals surface area contributed by atoms with E-state index in [-0.39, 0.29) is 11.9 Å². The van der Waals surface area contributed by atoms with Gasteiger partial charge in [-0.1, -0.05) is 0 Å². The average molecular weight is 286 g/mol. The van der Waals surface area contributed by atoms with Gasteiger partial charge < -0.3 is 4.90 Å². The van der Waals surface area contributed by atoms with Gasteiger partial charge in [0.25, 0.3) is 0 Å². The van der Waals surface area contributed by atoms with Crippen molar-refractivity contribution in [1.29, 1.82) is 0 Å². The second-order valence-corrected chi connectivity index (χ2v) is 4.99. The van der Waals surface area contributed by atoms with Crippen LogP contribution in [0.25, 0.3) is 0 Å². The highest BCUT2D eigenvalue weighted by Crippen LogP contribution is 2.26. The number of nitrogens with zero attached hydrogens (tertiary/aromatic N) is 1. The lowest BCUT2D eigenvalue weighted by molar-refractivity contribution is -0.120. The number of hydrogen-bond acceptors (Lipinski definition) is 2. The van der Waals surface area contributed by atoms with Gasteiger partial charge in [0.15, 0.2) is 0 Å². The summed E-state index contributed by atoms with van der Waals surface area (Å²) >= 11 is 3.13. The molecule has 0 spiro atoms. The first-order valence-electron chi connectivity index (χ1n) is 5.31. The normalized spacial score (nSPS) is 21.3. The van der Waals surface area contributed by atoms with E-state index >= 15 is 0 Å². The first-order chi connectivity index (χ1) is 7.58. The second-order valence-electron chi connectivity index (χ2n) is 4.13. The number of rotatable bonds is 1. The van der Waals surface area contributed by atoms with E-state index in [1.165, 1.54) is 6.07 Å². The van der Waals surface area contributed by atoms with Crippen LogP contribution in [-0.4, -0.2) is 18.4 Å². The molecule has 16 heavy (non-hydrogen) atoms. The molecule has 1 aromatic rings. The summed E-state index contributed by atoms with van der Waals surface area (Å²) in [5.41, 5.74) is 0.848. The maximum Gasteiger partial charge on any atom is 0.139 e. The molecular formula is C12H13BrFNO. The Balaban J connectivity index is 2.23. The minimum atomic E-state index is -0.262. The number of ketones is 1. The Kier molecular flexibility index (Phi) is 3.28. The number of hydrogen-bond donors (Lipinski definition) is 0. The van der Waals surface area contributed by atoms with Crippen molar-refractivity contribution in [1.82, 2.24) is 0 Å². The van der Waals surface area contributed by atoms with Gasteiger partial charge in [-0.3, -0.25) is 4.79 Å². The summed E-state index contributed by atoms with van der Waals surface area (Å²) in [6, 6.07) is 5.24. The Morgan fingerprint density at radius 2 is 2.25 bits per heavy atom. The number of Topliss-reactive ketones (excluding diaryl/α,β-unsaturated/α-hetero) is 1. The van der Waals surface area contributed by atoms with Crippen LogP contribution in [0.15, 0.2) is 22.7 Å². The van der Waals surface area contributed by atoms with Crippen LogP contribution in [0.5, 0.6) is 0 Å². The molecule has 1 aromatic carbocycles. The van der Waals surface area contributed by atoms with Crippen LogP contribution in [-0.2, 0) is 4.79 Å². The van der Waals surface area contributed by atoms with Gasteiger partial charge in [0.2, 0.25) is 0 Å². The Morgan fingerprint density at radius 3 is 2.88 bits per heavy atom. The lowest BCUT2D eigenvalue weighted by atomic mass is 10.0. The molecule has 0 radical (unpaired) electrons. The van der Waals surface area contributed by atoms with Gasteiger partial charge in [-0.25, -0.2) is 4.39 Å². The molecular weight excluding hydrogens is 273 g/mol. The molecule has 1 aliphatic rings. The summed E-state index contributed by atoms with van der Waals surface area (Å²) in [5.74, 6) is 0.0305. The smallest absolute Gasteiger partial charge is 0.139 e. The van der Waals surface area contributed by atoms with Crippen LogP contribution in [0.1, 0.15) is 19.8 Å². The fraction of sp³-hybridized carbons (Fsp3) is 0.417. The SMILES string of the molecule is CC1CC(=O)CCN1c1ccc(Br)c(F)c1. The number of anilines is 1. The average Bonchev–Trinajstić information content (AvgIpc) is 2.22. The van der Waals surface area contributed by atoms with Crippen LogP contribution in [0.3, 0.4) is 0 Å². The van der Waals surface area contributed by atoms with E-state index in [2.05, 4.69) is 20.8 Å². The minimum Gasteiger partial charge on any atom is -0.368 e. The van der Waals surface area contributed by atoms with Gasteiger partial charge >= 0.3 is 0 Å². The Labute approximate surface area is 103 Å². The molecule has 4 heteroatoms. The monoisotopic (exact) mass is 285 g/mol. The van der Waals surface area contributed by atoms with Gasteiger partial charge in [0, 0.05) is 31.1 Å². The second kappa shape index (κ2) is 4.53. The quantitative estimate of drug-likeness (QED) is 0.790. The highest BCUT2D eigenvalue weighted by Gasteiger charge is 2.23. The molecule has 1 heterocycles. The fourth-order valence-electron chi connectivity index (χ4n) is 2.05. The molecule has 0 aromatic heterocycles. The van der Waals surface area contributed by atoms with Gasteiger partial charge in [0.05, 0.1) is 4.47 Å². The lowest BCUT2D eigenvalue weighted by Gasteiger charge is -2.34. The van der Waals surface area contributed by atoms with Crippen LogP contribution in [0.2, 0.25) is 0 Å². The van der Waals surface area contributed by atoms with Crippen molar-refractivity contribution in [2.75, 3.05) is 11.4 Å². The van der Waals surface area contributed by atoms with Crippen molar-refractivity contribution in [3.63, 3.8) is 0 Å². The van der Waals surface area contributed by atoms with Gasteiger partial charge in [-0.15, -0.1) is 0 Å². The van der Waals surface area contributed by atoms with E-state index < -0.39 is 0 Å². The number of carbonyl (C=O) groups is 1. The zero-order chi connectivity index (χ0) is 11.7. The van der Waals surface area contributed by atoms with Crippen molar-refractivity contribution >= 4 is 27.4 Å². The van der Waals surface area contributed by atoms with Crippen molar-refractivity contribution in [3.05, 3.63) is 28.5 Å². The molecule has 2 nitrogen and oxygen atoms in total. The predicted octanol–water partition coefficient (Wildman–Crippen LogP) is 3.15. The van der Waals surface area contributed by atoms with Crippen molar-refractivity contribution in [2.24, 2.45) is 0 Å². The van der Waals surface area contributed by atoms with Crippen molar-refractivity contribution in [2.45, 2.75) is 25.8 Å². The summed E-state index contributed by atoms with van der Waals surface area (Å²) in [7, 11) is 0. The highest BCUT2D eigenvalue weighted by molar-refractivity contribution is 9.10. The first-order valence-corrected chi connectivity index (χ1v) is 6.10. The number of benzene rings is 1. The summed E-state index contributed by atoms with van der Waals surface area (Å²) in [5, 5.41) is 0. The number of halogens is 2. The zero-order valence-electron chi connectivity index (χ0n) is 9.04. The summed E-state index contributed by atoms with van der Waals surface area (Å²) in [6.07, 6.45) is 1.11. The molecule has 0 aliphatic carbocycles. The zero-order valence-corrected chi connectivity index (χ0v) is 10.6. The Hall–Kier alpha value is -0.900. The van der Waals surface area contributed by atoms with Crippen LogP contribution in [0.4, 0.5) is 10.1 Å². The molecule has 0 saturated carbocycles. The lowest BCUT2D eigenvalue weighted by Crippen LogP contribution is -2.41. The van der Waals surface area contributed by atoms with Crippen molar-refractivity contribution in [3.8, 4) is 0 Å². The van der Waals surface area contributed by atoms with E-state index in [1.54, 1.807) is 6.07 Å². The number of piperidine rings is 1. The molecule has 0 amide bonds. The van der Waals surface area contributed by atoms with E-state index in [0.717, 1.165) is 5.69 Å². The third-order valence-electron chi connectivity index (χ3n) is 2.92. The fourth-order valence-corrected chi connectivity index (χ4v) is 2.30. The van der Waals surface area contributed by atoms with Crippen LogP contribution >= 0.6 is 15.9 Å². The predicted molar refractivity (Wildman–Crippen MR) is 65.1 cm³/mol. The van der Waals surface area contributed by atoms with E-state index in [0.29, 0.717) is 29.6 Å². The molecule has 1 fully saturated rings. The molecule has 0 N–H and O–H groups in total. The number of carbonyl (C=O) groups excluding carboxylic acids is 1. The maximum atomic E-state index is 13.4. The molecule has 2 rings (SSSR count). The molecule has 1 unspecified atom stereocenters. The van der Waals surface area contributed by atoms with Gasteiger partial charge in [0.1, 0.15) is 11.6 Å². The first kappa shape index (κ1) is 11.6. The topological polar surface area (TPSA) is 20.3 Å². The highest BCUT2D eigenvalue weighted by atomic mass is 79.9. The summed E-state index contributed by atoms with van der Waals surface area (Å²) in [4.78, 5) is 13.3. The summed E-state index contributed by atoms with van der Waals surface area (Å²) in [6.45, 7) is 2.68.